The van der Waals surface area contributed by atoms with Crippen LogP contribution in [0.5, 0.6) is 11.5 Å². The number of nitrogens with one attached hydrogen (secondary N) is 1. The Labute approximate surface area is 152 Å². The first-order valence-electron chi connectivity index (χ1n) is 7.94. The Bertz CT molecular complexity index is 803. The van der Waals surface area contributed by atoms with Gasteiger partial charge in [-0.3, -0.25) is 4.79 Å². The van der Waals surface area contributed by atoms with Gasteiger partial charge in [0.15, 0.2) is 11.5 Å². The Hall–Kier alpha value is -2.53. The zero-order valence-corrected chi connectivity index (χ0v) is 15.2. The largest absolute Gasteiger partial charge is 0.503 e. The number of phenols is 1. The molecule has 0 unspecified atom stereocenters. The third-order valence-electron chi connectivity index (χ3n) is 3.60. The number of carbonyl (C=O) groups excluding carboxylic acids is 1. The SMILES string of the molecule is CCOc1cc(/C=N\NC(=O)Cc2ccc(C)cc2C)cc(Cl)c1O. The predicted molar refractivity (Wildman–Crippen MR) is 99.6 cm³/mol. The average Bonchev–Trinajstić information content (AvgIpc) is 2.55. The summed E-state index contributed by atoms with van der Waals surface area (Å²) in [5.74, 6) is -0.0456. The van der Waals surface area contributed by atoms with Gasteiger partial charge in [-0.15, -0.1) is 0 Å². The number of rotatable bonds is 6. The topological polar surface area (TPSA) is 70.9 Å². The standard InChI is InChI=1S/C19H21ClN2O3/c1-4-25-17-9-14(8-16(20)19(17)24)11-21-22-18(23)10-15-6-5-12(2)7-13(15)3/h5-9,11,24H,4,10H2,1-3H3,(H,22,23)/b21-11-. The molecule has 0 aliphatic rings. The van der Waals surface area contributed by atoms with Gasteiger partial charge in [-0.05, 0) is 49.6 Å². The van der Waals surface area contributed by atoms with E-state index in [0.29, 0.717) is 12.2 Å². The molecule has 132 valence electrons. The van der Waals surface area contributed by atoms with Crippen molar-refractivity contribution in [1.29, 1.82) is 0 Å². The van der Waals surface area contributed by atoms with Crippen molar-refractivity contribution >= 4 is 23.7 Å². The van der Waals surface area contributed by atoms with Gasteiger partial charge in [0.25, 0.3) is 0 Å². The Kier molecular flexibility index (Phi) is 6.42. The van der Waals surface area contributed by atoms with Crippen molar-refractivity contribution < 1.29 is 14.6 Å². The molecule has 0 saturated heterocycles. The number of aromatic hydroxyl groups is 1. The van der Waals surface area contributed by atoms with Crippen molar-refractivity contribution in [3.05, 3.63) is 57.6 Å². The molecule has 0 aromatic heterocycles. The van der Waals surface area contributed by atoms with Gasteiger partial charge in [0.2, 0.25) is 5.91 Å². The maximum absolute atomic E-state index is 12.0. The molecular formula is C19H21ClN2O3. The van der Waals surface area contributed by atoms with E-state index in [9.17, 15) is 9.90 Å². The number of nitrogens with zero attached hydrogens (tertiary/aromatic N) is 1. The highest BCUT2D eigenvalue weighted by Crippen LogP contribution is 2.34. The summed E-state index contributed by atoms with van der Waals surface area (Å²) in [5, 5.41) is 13.9. The zero-order valence-electron chi connectivity index (χ0n) is 14.5. The summed E-state index contributed by atoms with van der Waals surface area (Å²) in [7, 11) is 0. The van der Waals surface area contributed by atoms with Crippen LogP contribution in [-0.4, -0.2) is 23.8 Å². The van der Waals surface area contributed by atoms with Gasteiger partial charge in [0, 0.05) is 0 Å². The van der Waals surface area contributed by atoms with E-state index in [2.05, 4.69) is 10.5 Å². The van der Waals surface area contributed by atoms with Crippen molar-refractivity contribution in [2.75, 3.05) is 6.61 Å². The van der Waals surface area contributed by atoms with Crippen LogP contribution in [0.15, 0.2) is 35.4 Å². The molecule has 0 radical (unpaired) electrons. The molecule has 0 heterocycles. The van der Waals surface area contributed by atoms with Crippen LogP contribution in [-0.2, 0) is 11.2 Å². The number of amides is 1. The number of aryl methyl sites for hydroxylation is 2. The molecular weight excluding hydrogens is 340 g/mol. The molecule has 25 heavy (non-hydrogen) atoms. The first-order chi connectivity index (χ1) is 11.9. The zero-order chi connectivity index (χ0) is 18.4. The molecule has 2 aromatic rings. The summed E-state index contributed by atoms with van der Waals surface area (Å²) in [5.41, 5.74) is 6.30. The van der Waals surface area contributed by atoms with Crippen molar-refractivity contribution in [3.8, 4) is 11.5 Å². The Morgan fingerprint density at radius 2 is 2.08 bits per heavy atom. The molecule has 2 N–H and O–H groups in total. The maximum Gasteiger partial charge on any atom is 0.244 e. The van der Waals surface area contributed by atoms with Crippen LogP contribution in [0.3, 0.4) is 0 Å². The molecule has 0 spiro atoms. The van der Waals surface area contributed by atoms with Crippen molar-refractivity contribution in [3.63, 3.8) is 0 Å². The Balaban J connectivity index is 2.01. The van der Waals surface area contributed by atoms with E-state index in [1.807, 2.05) is 32.0 Å². The minimum absolute atomic E-state index is 0.112. The molecule has 6 heteroatoms. The normalized spacial score (nSPS) is 10.9. The fourth-order valence-electron chi connectivity index (χ4n) is 2.37. The second-order valence-electron chi connectivity index (χ2n) is 5.68. The number of hydrogen-bond acceptors (Lipinski definition) is 4. The fraction of sp³-hybridized carbons (Fsp3) is 0.263. The highest BCUT2D eigenvalue weighted by atomic mass is 35.5. The Morgan fingerprint density at radius 1 is 1.32 bits per heavy atom. The molecule has 2 aromatic carbocycles. The maximum atomic E-state index is 12.0. The third-order valence-corrected chi connectivity index (χ3v) is 3.89. The van der Waals surface area contributed by atoms with Gasteiger partial charge < -0.3 is 9.84 Å². The number of benzene rings is 2. The molecule has 0 bridgehead atoms. The number of carbonyl (C=O) groups is 1. The number of phenolic OH excluding ortho intramolecular Hbond substituents is 1. The summed E-state index contributed by atoms with van der Waals surface area (Å²) in [6, 6.07) is 9.11. The van der Waals surface area contributed by atoms with E-state index in [-0.39, 0.29) is 28.8 Å². The van der Waals surface area contributed by atoms with E-state index in [0.717, 1.165) is 16.7 Å². The van der Waals surface area contributed by atoms with Gasteiger partial charge >= 0.3 is 0 Å². The predicted octanol–water partition coefficient (Wildman–Crippen LogP) is 3.75. The molecule has 5 nitrogen and oxygen atoms in total. The van der Waals surface area contributed by atoms with Crippen LogP contribution in [0, 0.1) is 13.8 Å². The van der Waals surface area contributed by atoms with Gasteiger partial charge in [0.05, 0.1) is 24.3 Å². The highest BCUT2D eigenvalue weighted by Gasteiger charge is 2.09. The average molecular weight is 361 g/mol. The molecule has 2 rings (SSSR count). The summed E-state index contributed by atoms with van der Waals surface area (Å²) in [6.07, 6.45) is 1.71. The lowest BCUT2D eigenvalue weighted by molar-refractivity contribution is -0.120. The second kappa shape index (κ2) is 8.53. The van der Waals surface area contributed by atoms with E-state index >= 15 is 0 Å². The molecule has 0 fully saturated rings. The summed E-state index contributed by atoms with van der Waals surface area (Å²) in [6.45, 7) is 6.20. The quantitative estimate of drug-likeness (QED) is 0.608. The molecule has 0 aliphatic heterocycles. The number of hydrogen-bond donors (Lipinski definition) is 2. The van der Waals surface area contributed by atoms with Crippen LogP contribution < -0.4 is 10.2 Å². The van der Waals surface area contributed by atoms with Gasteiger partial charge in [-0.2, -0.15) is 5.10 Å². The number of ether oxygens (including phenoxy) is 1. The van der Waals surface area contributed by atoms with E-state index in [1.54, 1.807) is 19.1 Å². The minimum atomic E-state index is -0.210. The fourth-order valence-corrected chi connectivity index (χ4v) is 2.59. The highest BCUT2D eigenvalue weighted by molar-refractivity contribution is 6.32. The van der Waals surface area contributed by atoms with Crippen LogP contribution in [0.1, 0.15) is 29.2 Å². The summed E-state index contributed by atoms with van der Waals surface area (Å²) >= 11 is 5.95. The van der Waals surface area contributed by atoms with E-state index in [1.165, 1.54) is 6.21 Å². The Morgan fingerprint density at radius 3 is 2.76 bits per heavy atom. The molecule has 0 aliphatic carbocycles. The van der Waals surface area contributed by atoms with E-state index < -0.39 is 0 Å². The lowest BCUT2D eigenvalue weighted by Crippen LogP contribution is -2.20. The first kappa shape index (κ1) is 18.8. The summed E-state index contributed by atoms with van der Waals surface area (Å²) in [4.78, 5) is 12.0. The van der Waals surface area contributed by atoms with Crippen molar-refractivity contribution in [2.45, 2.75) is 27.2 Å². The van der Waals surface area contributed by atoms with Crippen LogP contribution >= 0.6 is 11.6 Å². The number of halogens is 1. The first-order valence-corrected chi connectivity index (χ1v) is 8.31. The third kappa shape index (κ3) is 5.22. The minimum Gasteiger partial charge on any atom is -0.503 e. The monoisotopic (exact) mass is 360 g/mol. The summed E-state index contributed by atoms with van der Waals surface area (Å²) < 4.78 is 5.30. The molecule has 0 saturated carbocycles. The van der Waals surface area contributed by atoms with Crippen LogP contribution in [0.4, 0.5) is 0 Å². The van der Waals surface area contributed by atoms with Crippen molar-refractivity contribution in [2.24, 2.45) is 5.10 Å². The van der Waals surface area contributed by atoms with Crippen molar-refractivity contribution in [1.82, 2.24) is 5.43 Å². The second-order valence-corrected chi connectivity index (χ2v) is 6.09. The van der Waals surface area contributed by atoms with Crippen LogP contribution in [0.25, 0.3) is 0 Å². The van der Waals surface area contributed by atoms with Gasteiger partial charge in [-0.25, -0.2) is 5.43 Å². The number of hydrazone groups is 1. The van der Waals surface area contributed by atoms with Gasteiger partial charge in [-0.1, -0.05) is 35.4 Å². The van der Waals surface area contributed by atoms with E-state index in [4.69, 9.17) is 16.3 Å². The molecule has 0 atom stereocenters. The van der Waals surface area contributed by atoms with Gasteiger partial charge in [0.1, 0.15) is 0 Å². The lowest BCUT2D eigenvalue weighted by Gasteiger charge is -2.08. The van der Waals surface area contributed by atoms with Crippen LogP contribution in [0.2, 0.25) is 5.02 Å². The molecule has 1 amide bonds. The smallest absolute Gasteiger partial charge is 0.244 e. The lowest BCUT2D eigenvalue weighted by atomic mass is 10.0.